The monoisotopic (exact) mass is 195 g/mol. The predicted octanol–water partition coefficient (Wildman–Crippen LogP) is 0.884. The van der Waals surface area contributed by atoms with E-state index >= 15 is 0 Å². The molecule has 68 valence electrons. The number of nitrogens with one attached hydrogen (secondary N) is 1. The molecular formula is C7H9N5S. The first-order valence-electron chi connectivity index (χ1n) is 3.83. The quantitative estimate of drug-likeness (QED) is 0.790. The van der Waals surface area contributed by atoms with Gasteiger partial charge in [0.1, 0.15) is 6.33 Å². The highest BCUT2D eigenvalue weighted by Crippen LogP contribution is 2.08. The molecule has 0 fully saturated rings. The Labute approximate surface area is 79.6 Å². The normalized spacial score (nSPS) is 10.2. The van der Waals surface area contributed by atoms with E-state index in [0.29, 0.717) is 0 Å². The Bertz CT molecular complexity index is 366. The molecule has 0 atom stereocenters. The van der Waals surface area contributed by atoms with Crippen LogP contribution in [0.2, 0.25) is 0 Å². The van der Waals surface area contributed by atoms with Gasteiger partial charge in [0.05, 0.1) is 12.2 Å². The van der Waals surface area contributed by atoms with E-state index in [1.54, 1.807) is 6.20 Å². The van der Waals surface area contributed by atoms with Gasteiger partial charge in [-0.3, -0.25) is 4.68 Å². The zero-order valence-corrected chi connectivity index (χ0v) is 7.95. The molecule has 0 saturated carbocycles. The summed E-state index contributed by atoms with van der Waals surface area (Å²) in [6.07, 6.45) is 3.31. The Morgan fingerprint density at radius 3 is 3.15 bits per heavy atom. The number of aryl methyl sites for hydroxylation is 1. The molecule has 0 spiro atoms. The first kappa shape index (κ1) is 8.18. The van der Waals surface area contributed by atoms with Gasteiger partial charge in [-0.2, -0.15) is 9.47 Å². The Balaban J connectivity index is 1.97. The lowest BCUT2D eigenvalue weighted by atomic mass is 10.4. The van der Waals surface area contributed by atoms with E-state index in [1.165, 1.54) is 17.9 Å². The average molecular weight is 195 g/mol. The van der Waals surface area contributed by atoms with E-state index in [9.17, 15) is 0 Å². The number of anilines is 1. The minimum absolute atomic E-state index is 0.728. The van der Waals surface area contributed by atoms with Gasteiger partial charge in [-0.1, -0.05) is 0 Å². The van der Waals surface area contributed by atoms with Crippen molar-refractivity contribution < 1.29 is 0 Å². The zero-order chi connectivity index (χ0) is 9.10. The van der Waals surface area contributed by atoms with Crippen LogP contribution in [-0.4, -0.2) is 19.1 Å². The van der Waals surface area contributed by atoms with Crippen molar-refractivity contribution in [2.24, 2.45) is 7.05 Å². The largest absolute Gasteiger partial charge is 0.355 e. The van der Waals surface area contributed by atoms with Gasteiger partial charge in [0, 0.05) is 24.8 Å². The van der Waals surface area contributed by atoms with Crippen molar-refractivity contribution in [3.63, 3.8) is 0 Å². The second kappa shape index (κ2) is 3.53. The summed E-state index contributed by atoms with van der Waals surface area (Å²) in [5.74, 6) is 0. The van der Waals surface area contributed by atoms with E-state index < -0.39 is 0 Å². The number of hydrogen-bond donors (Lipinski definition) is 1. The molecule has 2 heterocycles. The van der Waals surface area contributed by atoms with Gasteiger partial charge < -0.3 is 5.32 Å². The number of aromatic nitrogens is 4. The average Bonchev–Trinajstić information content (AvgIpc) is 2.72. The second-order valence-electron chi connectivity index (χ2n) is 2.55. The summed E-state index contributed by atoms with van der Waals surface area (Å²) >= 11 is 1.35. The van der Waals surface area contributed by atoms with Crippen LogP contribution in [0.5, 0.6) is 0 Å². The third kappa shape index (κ3) is 1.83. The molecule has 0 bridgehead atoms. The maximum absolute atomic E-state index is 4.06. The highest BCUT2D eigenvalue weighted by molar-refractivity contribution is 7.09. The van der Waals surface area contributed by atoms with Crippen LogP contribution >= 0.6 is 11.5 Å². The minimum Gasteiger partial charge on any atom is -0.355 e. The van der Waals surface area contributed by atoms with Crippen LogP contribution < -0.4 is 5.32 Å². The maximum atomic E-state index is 4.06. The molecule has 5 nitrogen and oxygen atoms in total. The molecule has 0 aliphatic rings. The summed E-state index contributed by atoms with van der Waals surface area (Å²) in [6, 6.07) is 1.97. The van der Waals surface area contributed by atoms with Crippen molar-refractivity contribution >= 4 is 16.7 Å². The fourth-order valence-corrected chi connectivity index (χ4v) is 1.42. The predicted molar refractivity (Wildman–Crippen MR) is 50.4 cm³/mol. The molecule has 0 unspecified atom stereocenters. The standard InChI is InChI=1S/C7H9N5S/c1-12-6(2-3-10-12)4-8-7-9-5-11-13-7/h2-3,5H,4H2,1H3,(H,8,9,11). The van der Waals surface area contributed by atoms with Gasteiger partial charge >= 0.3 is 0 Å². The molecule has 6 heteroatoms. The van der Waals surface area contributed by atoms with Crippen LogP contribution in [0.1, 0.15) is 5.69 Å². The van der Waals surface area contributed by atoms with E-state index in [1.807, 2.05) is 17.8 Å². The van der Waals surface area contributed by atoms with Crippen LogP contribution in [0.25, 0.3) is 0 Å². The van der Waals surface area contributed by atoms with Crippen molar-refractivity contribution in [2.75, 3.05) is 5.32 Å². The molecule has 2 aromatic rings. The molecule has 2 rings (SSSR count). The van der Waals surface area contributed by atoms with Gasteiger partial charge in [0.15, 0.2) is 0 Å². The molecule has 0 aromatic carbocycles. The topological polar surface area (TPSA) is 55.6 Å². The van der Waals surface area contributed by atoms with Gasteiger partial charge in [0.2, 0.25) is 5.13 Å². The van der Waals surface area contributed by atoms with E-state index in [4.69, 9.17) is 0 Å². The molecule has 0 amide bonds. The zero-order valence-electron chi connectivity index (χ0n) is 7.14. The number of hydrogen-bond acceptors (Lipinski definition) is 5. The fraction of sp³-hybridized carbons (Fsp3) is 0.286. The highest BCUT2D eigenvalue weighted by atomic mass is 32.1. The van der Waals surface area contributed by atoms with Crippen LogP contribution in [0, 0.1) is 0 Å². The van der Waals surface area contributed by atoms with Crippen molar-refractivity contribution in [3.8, 4) is 0 Å². The molecule has 1 N–H and O–H groups in total. The lowest BCUT2D eigenvalue weighted by Gasteiger charge is -2.01. The Morgan fingerprint density at radius 2 is 2.54 bits per heavy atom. The van der Waals surface area contributed by atoms with Gasteiger partial charge in [-0.05, 0) is 6.07 Å². The van der Waals surface area contributed by atoms with Gasteiger partial charge in [-0.15, -0.1) is 0 Å². The van der Waals surface area contributed by atoms with Crippen LogP contribution in [0.4, 0.5) is 5.13 Å². The molecule has 0 saturated heterocycles. The Morgan fingerprint density at radius 1 is 1.62 bits per heavy atom. The Kier molecular flexibility index (Phi) is 2.22. The summed E-state index contributed by atoms with van der Waals surface area (Å²) in [6.45, 7) is 0.728. The molecular weight excluding hydrogens is 186 g/mol. The maximum Gasteiger partial charge on any atom is 0.202 e. The van der Waals surface area contributed by atoms with Crippen LogP contribution in [-0.2, 0) is 13.6 Å². The van der Waals surface area contributed by atoms with Crippen molar-refractivity contribution in [1.82, 2.24) is 19.1 Å². The highest BCUT2D eigenvalue weighted by Gasteiger charge is 1.99. The van der Waals surface area contributed by atoms with Crippen LogP contribution in [0.15, 0.2) is 18.6 Å². The van der Waals surface area contributed by atoms with E-state index in [2.05, 4.69) is 19.8 Å². The third-order valence-electron chi connectivity index (χ3n) is 1.70. The molecule has 13 heavy (non-hydrogen) atoms. The van der Waals surface area contributed by atoms with Gasteiger partial charge in [-0.25, -0.2) is 4.98 Å². The summed E-state index contributed by atoms with van der Waals surface area (Å²) in [4.78, 5) is 4.01. The summed E-state index contributed by atoms with van der Waals surface area (Å²) < 4.78 is 5.72. The van der Waals surface area contributed by atoms with E-state index in [0.717, 1.165) is 17.4 Å². The fourth-order valence-electron chi connectivity index (χ4n) is 0.992. The van der Waals surface area contributed by atoms with Crippen LogP contribution in [0.3, 0.4) is 0 Å². The summed E-state index contributed by atoms with van der Waals surface area (Å²) in [7, 11) is 1.91. The smallest absolute Gasteiger partial charge is 0.202 e. The van der Waals surface area contributed by atoms with E-state index in [-0.39, 0.29) is 0 Å². The molecule has 0 radical (unpaired) electrons. The first-order chi connectivity index (χ1) is 6.36. The summed E-state index contributed by atoms with van der Waals surface area (Å²) in [5, 5.41) is 8.05. The van der Waals surface area contributed by atoms with Gasteiger partial charge in [0.25, 0.3) is 0 Å². The molecule has 0 aliphatic heterocycles. The Hall–Kier alpha value is -1.43. The first-order valence-corrected chi connectivity index (χ1v) is 4.61. The SMILES string of the molecule is Cn1nccc1CNc1ncns1. The molecule has 0 aliphatic carbocycles. The summed E-state index contributed by atoms with van der Waals surface area (Å²) in [5.41, 5.74) is 1.12. The lowest BCUT2D eigenvalue weighted by Crippen LogP contribution is -2.04. The third-order valence-corrected chi connectivity index (χ3v) is 2.33. The minimum atomic E-state index is 0.728. The number of rotatable bonds is 3. The number of nitrogens with zero attached hydrogens (tertiary/aromatic N) is 4. The lowest BCUT2D eigenvalue weighted by molar-refractivity contribution is 0.720. The second-order valence-corrected chi connectivity index (χ2v) is 3.33. The van der Waals surface area contributed by atoms with Crippen molar-refractivity contribution in [3.05, 3.63) is 24.3 Å². The molecule has 2 aromatic heterocycles. The van der Waals surface area contributed by atoms with Crippen molar-refractivity contribution in [2.45, 2.75) is 6.54 Å². The van der Waals surface area contributed by atoms with Crippen molar-refractivity contribution in [1.29, 1.82) is 0 Å².